The number of anilines is 1. The van der Waals surface area contributed by atoms with E-state index in [1.165, 1.54) is 25.7 Å². The Kier molecular flexibility index (Phi) is 10.5. The van der Waals surface area contributed by atoms with Crippen molar-refractivity contribution >= 4 is 23.7 Å². The van der Waals surface area contributed by atoms with Gasteiger partial charge in [0.1, 0.15) is 5.75 Å². The highest BCUT2D eigenvalue weighted by Gasteiger charge is 2.08. The molecule has 35 heavy (non-hydrogen) atoms. The van der Waals surface area contributed by atoms with E-state index in [-0.39, 0.29) is 18.2 Å². The first-order valence-electron chi connectivity index (χ1n) is 12.1. The highest BCUT2D eigenvalue weighted by molar-refractivity contribution is 5.98. The summed E-state index contributed by atoms with van der Waals surface area (Å²) in [6, 6.07) is 23.9. The standard InChI is InChI=1S/C29H33N3O3/c1-2-3-4-5-9-19-35-27-17-15-24(16-18-27)22-30-32-29(34)25-13-10-14-26(21-25)31-28(33)20-23-11-7-6-8-12-23/h6-8,10-18,21-22H,2-5,9,19-20H2,1H3,(H,31,33)(H,32,34)/b30-22+. The van der Waals surface area contributed by atoms with Crippen LogP contribution in [-0.4, -0.2) is 24.6 Å². The smallest absolute Gasteiger partial charge is 0.271 e. The largest absolute Gasteiger partial charge is 0.494 e. The number of rotatable bonds is 13. The average molecular weight is 472 g/mol. The van der Waals surface area contributed by atoms with Gasteiger partial charge >= 0.3 is 0 Å². The van der Waals surface area contributed by atoms with Gasteiger partial charge in [-0.15, -0.1) is 0 Å². The van der Waals surface area contributed by atoms with Crippen LogP contribution in [0.25, 0.3) is 0 Å². The molecule has 6 heteroatoms. The quantitative estimate of drug-likeness (QED) is 0.183. The first-order valence-corrected chi connectivity index (χ1v) is 12.1. The molecule has 0 aliphatic rings. The number of nitrogens with zero attached hydrogens (tertiary/aromatic N) is 1. The van der Waals surface area contributed by atoms with Gasteiger partial charge < -0.3 is 10.1 Å². The Balaban J connectivity index is 1.44. The molecule has 0 radical (unpaired) electrons. The van der Waals surface area contributed by atoms with Crippen molar-refractivity contribution in [1.29, 1.82) is 0 Å². The zero-order valence-electron chi connectivity index (χ0n) is 20.2. The molecule has 0 spiro atoms. The van der Waals surface area contributed by atoms with Gasteiger partial charge in [0.2, 0.25) is 5.91 Å². The Morgan fingerprint density at radius 1 is 0.886 bits per heavy atom. The second kappa shape index (κ2) is 14.4. The van der Waals surface area contributed by atoms with Crippen LogP contribution >= 0.6 is 0 Å². The van der Waals surface area contributed by atoms with Crippen molar-refractivity contribution in [1.82, 2.24) is 5.43 Å². The zero-order chi connectivity index (χ0) is 24.7. The molecule has 2 amide bonds. The monoisotopic (exact) mass is 471 g/mol. The van der Waals surface area contributed by atoms with Crippen molar-refractivity contribution in [2.24, 2.45) is 5.10 Å². The van der Waals surface area contributed by atoms with Crippen molar-refractivity contribution in [3.05, 3.63) is 95.6 Å². The molecule has 2 N–H and O–H groups in total. The van der Waals surface area contributed by atoms with Gasteiger partial charge in [0.15, 0.2) is 0 Å². The fraction of sp³-hybridized carbons (Fsp3) is 0.276. The van der Waals surface area contributed by atoms with E-state index in [0.717, 1.165) is 29.9 Å². The average Bonchev–Trinajstić information content (AvgIpc) is 2.87. The zero-order valence-corrected chi connectivity index (χ0v) is 20.2. The van der Waals surface area contributed by atoms with Crippen LogP contribution in [0.5, 0.6) is 5.75 Å². The van der Waals surface area contributed by atoms with E-state index in [9.17, 15) is 9.59 Å². The molecule has 182 valence electrons. The molecule has 3 rings (SSSR count). The molecule has 0 bridgehead atoms. The molecule has 3 aromatic rings. The van der Waals surface area contributed by atoms with E-state index in [0.29, 0.717) is 11.3 Å². The van der Waals surface area contributed by atoms with Crippen LogP contribution in [0, 0.1) is 0 Å². The number of amides is 2. The molecule has 6 nitrogen and oxygen atoms in total. The normalized spacial score (nSPS) is 10.8. The van der Waals surface area contributed by atoms with E-state index in [1.807, 2.05) is 54.6 Å². The summed E-state index contributed by atoms with van der Waals surface area (Å²) < 4.78 is 5.77. The van der Waals surface area contributed by atoms with Crippen LogP contribution in [0.15, 0.2) is 84.0 Å². The van der Waals surface area contributed by atoms with Gasteiger partial charge in [0, 0.05) is 11.3 Å². The summed E-state index contributed by atoms with van der Waals surface area (Å²) in [7, 11) is 0. The Bertz CT molecular complexity index is 1100. The highest BCUT2D eigenvalue weighted by Crippen LogP contribution is 2.13. The predicted molar refractivity (Wildman–Crippen MR) is 141 cm³/mol. The Labute approximate surface area is 207 Å². The SMILES string of the molecule is CCCCCCCOc1ccc(/C=N/NC(=O)c2cccc(NC(=O)Cc3ccccc3)c2)cc1. The fourth-order valence-corrected chi connectivity index (χ4v) is 3.50. The van der Waals surface area contributed by atoms with E-state index in [4.69, 9.17) is 4.74 Å². The minimum atomic E-state index is -0.358. The lowest BCUT2D eigenvalue weighted by Crippen LogP contribution is -2.19. The van der Waals surface area contributed by atoms with Gasteiger partial charge in [0.05, 0.1) is 19.2 Å². The lowest BCUT2D eigenvalue weighted by Gasteiger charge is -2.07. The van der Waals surface area contributed by atoms with Crippen LogP contribution in [-0.2, 0) is 11.2 Å². The molecule has 0 atom stereocenters. The predicted octanol–water partition coefficient (Wildman–Crippen LogP) is 5.98. The number of carbonyl (C=O) groups is 2. The highest BCUT2D eigenvalue weighted by atomic mass is 16.5. The summed E-state index contributed by atoms with van der Waals surface area (Å²) in [6.07, 6.45) is 7.89. The molecular weight excluding hydrogens is 438 g/mol. The van der Waals surface area contributed by atoms with Crippen molar-refractivity contribution < 1.29 is 14.3 Å². The minimum absolute atomic E-state index is 0.143. The number of unbranched alkanes of at least 4 members (excludes halogenated alkanes) is 4. The second-order valence-electron chi connectivity index (χ2n) is 8.32. The van der Waals surface area contributed by atoms with Crippen molar-refractivity contribution in [2.45, 2.75) is 45.4 Å². The Hall–Kier alpha value is -3.93. The maximum absolute atomic E-state index is 12.5. The third-order valence-electron chi connectivity index (χ3n) is 5.39. The fourth-order valence-electron chi connectivity index (χ4n) is 3.50. The van der Waals surface area contributed by atoms with Gasteiger partial charge in [-0.05, 0) is 60.0 Å². The number of benzene rings is 3. The molecule has 0 unspecified atom stereocenters. The van der Waals surface area contributed by atoms with Gasteiger partial charge in [0.25, 0.3) is 5.91 Å². The van der Waals surface area contributed by atoms with Gasteiger partial charge in [-0.1, -0.05) is 69.0 Å². The summed E-state index contributed by atoms with van der Waals surface area (Å²) in [5.74, 6) is 0.326. The molecule has 0 saturated heterocycles. The number of hydrazone groups is 1. The minimum Gasteiger partial charge on any atom is -0.494 e. The first-order chi connectivity index (χ1) is 17.1. The molecule has 0 aliphatic heterocycles. The molecule has 0 saturated carbocycles. The lowest BCUT2D eigenvalue weighted by molar-refractivity contribution is -0.115. The van der Waals surface area contributed by atoms with E-state index < -0.39 is 0 Å². The molecular formula is C29H33N3O3. The van der Waals surface area contributed by atoms with Gasteiger partial charge in [-0.25, -0.2) is 5.43 Å². The second-order valence-corrected chi connectivity index (χ2v) is 8.32. The third kappa shape index (κ3) is 9.45. The maximum atomic E-state index is 12.5. The third-order valence-corrected chi connectivity index (χ3v) is 5.39. The number of carbonyl (C=O) groups excluding carboxylic acids is 2. The van der Waals surface area contributed by atoms with Crippen molar-refractivity contribution in [3.8, 4) is 5.75 Å². The summed E-state index contributed by atoms with van der Waals surface area (Å²) >= 11 is 0. The maximum Gasteiger partial charge on any atom is 0.271 e. The first kappa shape index (κ1) is 25.7. The molecule has 0 aromatic heterocycles. The Morgan fingerprint density at radius 2 is 1.66 bits per heavy atom. The number of nitrogens with one attached hydrogen (secondary N) is 2. The number of ether oxygens (including phenoxy) is 1. The van der Waals surface area contributed by atoms with Crippen LogP contribution in [0.3, 0.4) is 0 Å². The lowest BCUT2D eigenvalue weighted by atomic mass is 10.1. The van der Waals surface area contributed by atoms with Gasteiger partial charge in [-0.2, -0.15) is 5.10 Å². The summed E-state index contributed by atoms with van der Waals surface area (Å²) in [4.78, 5) is 24.8. The van der Waals surface area contributed by atoms with Crippen LogP contribution in [0.4, 0.5) is 5.69 Å². The van der Waals surface area contributed by atoms with Crippen LogP contribution < -0.4 is 15.5 Å². The van der Waals surface area contributed by atoms with Crippen molar-refractivity contribution in [3.63, 3.8) is 0 Å². The van der Waals surface area contributed by atoms with Crippen molar-refractivity contribution in [2.75, 3.05) is 11.9 Å². The number of hydrogen-bond donors (Lipinski definition) is 2. The topological polar surface area (TPSA) is 79.8 Å². The van der Waals surface area contributed by atoms with E-state index in [2.05, 4.69) is 22.8 Å². The van der Waals surface area contributed by atoms with E-state index >= 15 is 0 Å². The molecule has 0 fully saturated rings. The van der Waals surface area contributed by atoms with Crippen LogP contribution in [0.2, 0.25) is 0 Å². The van der Waals surface area contributed by atoms with Gasteiger partial charge in [-0.3, -0.25) is 9.59 Å². The molecule has 0 heterocycles. The summed E-state index contributed by atoms with van der Waals surface area (Å²) in [5, 5.41) is 6.88. The number of hydrogen-bond acceptors (Lipinski definition) is 4. The summed E-state index contributed by atoms with van der Waals surface area (Å²) in [6.45, 7) is 2.93. The Morgan fingerprint density at radius 3 is 2.43 bits per heavy atom. The molecule has 0 aliphatic carbocycles. The van der Waals surface area contributed by atoms with E-state index in [1.54, 1.807) is 30.5 Å². The summed E-state index contributed by atoms with van der Waals surface area (Å²) in [5.41, 5.74) is 5.27. The molecule has 3 aromatic carbocycles. The van der Waals surface area contributed by atoms with Crippen LogP contribution in [0.1, 0.15) is 60.5 Å².